The van der Waals surface area contributed by atoms with Crippen LogP contribution in [0.5, 0.6) is 0 Å². The van der Waals surface area contributed by atoms with E-state index >= 15 is 0 Å². The number of furan rings is 1. The maximum absolute atomic E-state index is 6.41. The molecule has 8 rings (SSSR count). The van der Waals surface area contributed by atoms with Crippen LogP contribution in [-0.2, 0) is 0 Å². The first kappa shape index (κ1) is 22.6. The summed E-state index contributed by atoms with van der Waals surface area (Å²) in [7, 11) is 0. The molecule has 0 fully saturated rings. The van der Waals surface area contributed by atoms with Crippen molar-refractivity contribution in [1.82, 2.24) is 0 Å². The lowest BCUT2D eigenvalue weighted by Gasteiger charge is -2.25. The van der Waals surface area contributed by atoms with Crippen LogP contribution in [0.25, 0.3) is 54.6 Å². The Balaban J connectivity index is 1.25. The number of benzene rings is 7. The summed E-state index contributed by atoms with van der Waals surface area (Å²) in [6.45, 7) is 0. The SMILES string of the molecule is c1ccc(N(c2ccc(-c3cccc4ccccc34)cc2)c2ccc3c(c2)oc2cc4ccccc4cc23)cc1. The fourth-order valence-corrected chi connectivity index (χ4v) is 5.88. The molecule has 2 heteroatoms. The highest BCUT2D eigenvalue weighted by Gasteiger charge is 2.16. The third-order valence-electron chi connectivity index (χ3n) is 7.82. The number of hydrogen-bond donors (Lipinski definition) is 0. The third-order valence-corrected chi connectivity index (χ3v) is 7.82. The highest BCUT2D eigenvalue weighted by molar-refractivity contribution is 6.10. The van der Waals surface area contributed by atoms with Crippen LogP contribution in [0.15, 0.2) is 156 Å². The number of anilines is 3. The first-order valence-corrected chi connectivity index (χ1v) is 13.6. The highest BCUT2D eigenvalue weighted by Crippen LogP contribution is 2.40. The molecule has 40 heavy (non-hydrogen) atoms. The molecule has 0 aliphatic carbocycles. The predicted octanol–water partition coefficient (Wildman–Crippen LogP) is 11.0. The Bertz CT molecular complexity index is 2150. The van der Waals surface area contributed by atoms with Gasteiger partial charge in [0.25, 0.3) is 0 Å². The zero-order valence-corrected chi connectivity index (χ0v) is 21.8. The van der Waals surface area contributed by atoms with E-state index in [-0.39, 0.29) is 0 Å². The number of rotatable bonds is 4. The summed E-state index contributed by atoms with van der Waals surface area (Å²) in [5, 5.41) is 7.20. The standard InChI is InChI=1S/C38H25NO/c1-2-13-30(14-3-1)39(31-19-17-27(18-20-31)34-16-8-12-26-9-6-7-15-33(26)34)32-21-22-35-36-23-28-10-4-5-11-29(28)24-37(36)40-38(35)25-32/h1-25H. The van der Waals surface area contributed by atoms with Gasteiger partial charge in [0.2, 0.25) is 0 Å². The molecule has 0 N–H and O–H groups in total. The Morgan fingerprint density at radius 3 is 1.82 bits per heavy atom. The molecule has 0 unspecified atom stereocenters. The maximum Gasteiger partial charge on any atom is 0.137 e. The summed E-state index contributed by atoms with van der Waals surface area (Å²) in [4.78, 5) is 2.29. The van der Waals surface area contributed by atoms with Crippen molar-refractivity contribution in [3.05, 3.63) is 152 Å². The molecule has 0 aliphatic rings. The molecule has 2 nitrogen and oxygen atoms in total. The van der Waals surface area contributed by atoms with Crippen molar-refractivity contribution < 1.29 is 4.42 Å². The molecule has 0 saturated carbocycles. The molecule has 0 spiro atoms. The second kappa shape index (κ2) is 9.14. The monoisotopic (exact) mass is 511 g/mol. The fourth-order valence-electron chi connectivity index (χ4n) is 5.88. The molecule has 188 valence electrons. The normalized spacial score (nSPS) is 11.5. The van der Waals surface area contributed by atoms with E-state index in [1.54, 1.807) is 0 Å². The van der Waals surface area contributed by atoms with Crippen molar-refractivity contribution in [1.29, 1.82) is 0 Å². The lowest BCUT2D eigenvalue weighted by Crippen LogP contribution is -2.09. The van der Waals surface area contributed by atoms with Crippen molar-refractivity contribution in [3.63, 3.8) is 0 Å². The molecule has 0 atom stereocenters. The molecular formula is C38H25NO. The van der Waals surface area contributed by atoms with Gasteiger partial charge in [-0.1, -0.05) is 97.1 Å². The van der Waals surface area contributed by atoms with E-state index in [0.29, 0.717) is 0 Å². The first-order valence-electron chi connectivity index (χ1n) is 13.6. The van der Waals surface area contributed by atoms with Crippen LogP contribution < -0.4 is 4.90 Å². The van der Waals surface area contributed by atoms with Gasteiger partial charge in [0, 0.05) is 33.9 Å². The van der Waals surface area contributed by atoms with Crippen molar-refractivity contribution in [2.45, 2.75) is 0 Å². The third kappa shape index (κ3) is 3.73. The van der Waals surface area contributed by atoms with Gasteiger partial charge in [-0.15, -0.1) is 0 Å². The van der Waals surface area contributed by atoms with Crippen LogP contribution in [0, 0.1) is 0 Å². The van der Waals surface area contributed by atoms with Crippen LogP contribution in [-0.4, -0.2) is 0 Å². The second-order valence-corrected chi connectivity index (χ2v) is 10.2. The van der Waals surface area contributed by atoms with Gasteiger partial charge in [0.15, 0.2) is 0 Å². The maximum atomic E-state index is 6.41. The second-order valence-electron chi connectivity index (χ2n) is 10.2. The van der Waals surface area contributed by atoms with Crippen LogP contribution in [0.4, 0.5) is 17.1 Å². The Kier molecular flexibility index (Phi) is 5.17. The molecular weight excluding hydrogens is 486 g/mol. The van der Waals surface area contributed by atoms with Crippen molar-refractivity contribution >= 4 is 60.5 Å². The fraction of sp³-hybridized carbons (Fsp3) is 0. The quantitative estimate of drug-likeness (QED) is 0.234. The first-order chi connectivity index (χ1) is 19.8. The largest absolute Gasteiger partial charge is 0.456 e. The van der Waals surface area contributed by atoms with E-state index < -0.39 is 0 Å². The van der Waals surface area contributed by atoms with Gasteiger partial charge in [0.05, 0.1) is 0 Å². The summed E-state index contributed by atoms with van der Waals surface area (Å²) in [5.74, 6) is 0. The molecule has 0 bridgehead atoms. The van der Waals surface area contributed by atoms with Gasteiger partial charge in [-0.05, 0) is 81.2 Å². The van der Waals surface area contributed by atoms with E-state index in [1.807, 2.05) is 0 Å². The van der Waals surface area contributed by atoms with Gasteiger partial charge in [0.1, 0.15) is 11.2 Å². The molecule has 0 amide bonds. The van der Waals surface area contributed by atoms with Gasteiger partial charge in [-0.3, -0.25) is 0 Å². The average molecular weight is 512 g/mol. The summed E-state index contributed by atoms with van der Waals surface area (Å²) in [6, 6.07) is 53.8. The predicted molar refractivity (Wildman–Crippen MR) is 169 cm³/mol. The number of para-hydroxylation sites is 1. The average Bonchev–Trinajstić information content (AvgIpc) is 3.37. The van der Waals surface area contributed by atoms with E-state index in [0.717, 1.165) is 39.0 Å². The van der Waals surface area contributed by atoms with E-state index in [4.69, 9.17) is 4.42 Å². The smallest absolute Gasteiger partial charge is 0.137 e. The van der Waals surface area contributed by atoms with Crippen molar-refractivity contribution in [2.24, 2.45) is 0 Å². The van der Waals surface area contributed by atoms with Crippen LogP contribution in [0.3, 0.4) is 0 Å². The summed E-state index contributed by atoms with van der Waals surface area (Å²) < 4.78 is 6.41. The molecule has 0 radical (unpaired) electrons. The van der Waals surface area contributed by atoms with Gasteiger partial charge >= 0.3 is 0 Å². The zero-order valence-electron chi connectivity index (χ0n) is 21.8. The number of hydrogen-bond acceptors (Lipinski definition) is 2. The summed E-state index contributed by atoms with van der Waals surface area (Å²) >= 11 is 0. The molecule has 1 aromatic heterocycles. The molecule has 0 saturated heterocycles. The van der Waals surface area contributed by atoms with Crippen LogP contribution >= 0.6 is 0 Å². The summed E-state index contributed by atoms with van der Waals surface area (Å²) in [5.41, 5.74) is 7.49. The van der Waals surface area contributed by atoms with Crippen molar-refractivity contribution in [2.75, 3.05) is 4.90 Å². The van der Waals surface area contributed by atoms with Gasteiger partial charge in [-0.25, -0.2) is 0 Å². The minimum Gasteiger partial charge on any atom is -0.456 e. The zero-order chi connectivity index (χ0) is 26.5. The number of fused-ring (bicyclic) bond motifs is 5. The van der Waals surface area contributed by atoms with Gasteiger partial charge in [-0.2, -0.15) is 0 Å². The minimum absolute atomic E-state index is 0.885. The summed E-state index contributed by atoms with van der Waals surface area (Å²) in [6.07, 6.45) is 0. The van der Waals surface area contributed by atoms with Crippen LogP contribution in [0.1, 0.15) is 0 Å². The molecule has 0 aliphatic heterocycles. The molecule has 7 aromatic carbocycles. The highest BCUT2D eigenvalue weighted by atomic mass is 16.3. The topological polar surface area (TPSA) is 16.4 Å². The lowest BCUT2D eigenvalue weighted by molar-refractivity contribution is 0.669. The van der Waals surface area contributed by atoms with Crippen LogP contribution in [0.2, 0.25) is 0 Å². The Hall–Kier alpha value is -5.34. The minimum atomic E-state index is 0.885. The number of nitrogens with zero attached hydrogens (tertiary/aromatic N) is 1. The van der Waals surface area contributed by atoms with E-state index in [2.05, 4.69) is 157 Å². The Morgan fingerprint density at radius 2 is 1.00 bits per heavy atom. The van der Waals surface area contributed by atoms with E-state index in [1.165, 1.54) is 32.7 Å². The van der Waals surface area contributed by atoms with Crippen molar-refractivity contribution in [3.8, 4) is 11.1 Å². The Labute approximate surface area is 232 Å². The molecule has 1 heterocycles. The van der Waals surface area contributed by atoms with E-state index in [9.17, 15) is 0 Å². The molecule has 8 aromatic rings. The van der Waals surface area contributed by atoms with Gasteiger partial charge < -0.3 is 9.32 Å². The Morgan fingerprint density at radius 1 is 0.375 bits per heavy atom. The lowest BCUT2D eigenvalue weighted by atomic mass is 9.98.